The number of hydrogen-bond acceptors (Lipinski definition) is 6. The highest BCUT2D eigenvalue weighted by Gasteiger charge is 2.40. The van der Waals surface area contributed by atoms with Crippen molar-refractivity contribution in [3.8, 4) is 0 Å². The Balaban J connectivity index is 2.26. The first kappa shape index (κ1) is 14.3. The summed E-state index contributed by atoms with van der Waals surface area (Å²) in [4.78, 5) is 11.0. The monoisotopic (exact) mass is 265 g/mol. The molecule has 3 N–H and O–H groups in total. The van der Waals surface area contributed by atoms with Gasteiger partial charge < -0.3 is 4.74 Å². The molecule has 2 rings (SSSR count). The predicted octanol–water partition coefficient (Wildman–Crippen LogP) is 0.482. The largest absolute Gasteiger partial charge is 0.379 e. The minimum absolute atomic E-state index is 0.0516. The van der Waals surface area contributed by atoms with E-state index in [9.17, 15) is 0 Å². The molecule has 6 nitrogen and oxygen atoms in total. The van der Waals surface area contributed by atoms with E-state index in [1.165, 1.54) is 0 Å². The predicted molar refractivity (Wildman–Crippen MR) is 73.2 cm³/mol. The highest BCUT2D eigenvalue weighted by molar-refractivity contribution is 5.11. The van der Waals surface area contributed by atoms with Crippen LogP contribution in [-0.2, 0) is 4.74 Å². The molecule has 1 aliphatic heterocycles. The molecule has 0 aliphatic carbocycles. The van der Waals surface area contributed by atoms with Crippen LogP contribution in [0.3, 0.4) is 0 Å². The molecule has 1 aliphatic rings. The van der Waals surface area contributed by atoms with E-state index < -0.39 is 0 Å². The lowest BCUT2D eigenvalue weighted by atomic mass is 9.85. The molecule has 1 aromatic heterocycles. The summed E-state index contributed by atoms with van der Waals surface area (Å²) in [5, 5.41) is 0. The molecule has 0 radical (unpaired) electrons. The highest BCUT2D eigenvalue weighted by Crippen LogP contribution is 2.33. The average Bonchev–Trinajstić information content (AvgIpc) is 2.49. The highest BCUT2D eigenvalue weighted by atomic mass is 16.5. The van der Waals surface area contributed by atoms with Crippen LogP contribution >= 0.6 is 0 Å². The van der Waals surface area contributed by atoms with Gasteiger partial charge in [-0.25, -0.2) is 5.43 Å². The Morgan fingerprint density at radius 2 is 2.21 bits per heavy atom. The van der Waals surface area contributed by atoms with Crippen molar-refractivity contribution in [1.29, 1.82) is 0 Å². The van der Waals surface area contributed by atoms with Crippen molar-refractivity contribution in [2.45, 2.75) is 31.8 Å². The Kier molecular flexibility index (Phi) is 4.81. The number of aromatic nitrogens is 2. The number of nitrogens with two attached hydrogens (primary N) is 1. The van der Waals surface area contributed by atoms with Gasteiger partial charge in [0.25, 0.3) is 0 Å². The third kappa shape index (κ3) is 2.92. The maximum absolute atomic E-state index is 5.80. The van der Waals surface area contributed by atoms with Crippen molar-refractivity contribution in [3.05, 3.63) is 24.3 Å². The smallest absolute Gasteiger partial charge is 0.0828 e. The molecule has 0 saturated carbocycles. The van der Waals surface area contributed by atoms with E-state index in [-0.39, 0.29) is 11.6 Å². The molecule has 1 saturated heterocycles. The number of hydrazine groups is 1. The molecule has 0 spiro atoms. The lowest BCUT2D eigenvalue weighted by molar-refractivity contribution is -0.0335. The molecular weight excluding hydrogens is 242 g/mol. The van der Waals surface area contributed by atoms with Crippen LogP contribution in [0.4, 0.5) is 0 Å². The molecule has 0 amide bonds. The summed E-state index contributed by atoms with van der Waals surface area (Å²) in [6.45, 7) is 7.78. The Hall–Kier alpha value is -1.08. The average molecular weight is 265 g/mol. The van der Waals surface area contributed by atoms with Crippen molar-refractivity contribution in [2.24, 2.45) is 5.84 Å². The summed E-state index contributed by atoms with van der Waals surface area (Å²) in [5.74, 6) is 5.80. The number of nitrogens with zero attached hydrogens (tertiary/aromatic N) is 3. The van der Waals surface area contributed by atoms with Crippen LogP contribution < -0.4 is 11.3 Å². The normalized spacial score (nSPS) is 21.8. The number of nitrogens with one attached hydrogen (secondary N) is 1. The molecule has 1 aromatic rings. The van der Waals surface area contributed by atoms with E-state index in [0.29, 0.717) is 0 Å². The van der Waals surface area contributed by atoms with Gasteiger partial charge in [0.2, 0.25) is 0 Å². The van der Waals surface area contributed by atoms with E-state index in [0.717, 1.165) is 38.4 Å². The number of ether oxygens (including phenoxy) is 1. The lowest BCUT2D eigenvalue weighted by Gasteiger charge is -2.47. The number of hydrogen-bond donors (Lipinski definition) is 2. The van der Waals surface area contributed by atoms with E-state index in [2.05, 4.69) is 34.1 Å². The summed E-state index contributed by atoms with van der Waals surface area (Å²) in [6.07, 6.45) is 6.13. The zero-order chi connectivity index (χ0) is 13.7. The quantitative estimate of drug-likeness (QED) is 0.596. The minimum Gasteiger partial charge on any atom is -0.379 e. The van der Waals surface area contributed by atoms with Crippen LogP contribution in [-0.4, -0.2) is 46.7 Å². The van der Waals surface area contributed by atoms with Crippen LogP contribution in [0, 0.1) is 0 Å². The standard InChI is InChI=1S/C13H23N5O/c1-3-13(2,18-6-8-19-9-7-18)12(17-14)11-10-15-4-5-16-11/h4-5,10,12,17H,3,6-9,14H2,1-2H3. The van der Waals surface area contributed by atoms with E-state index in [1.54, 1.807) is 18.6 Å². The van der Waals surface area contributed by atoms with Gasteiger partial charge in [0.05, 0.1) is 31.1 Å². The van der Waals surface area contributed by atoms with E-state index in [1.807, 2.05) is 0 Å². The maximum atomic E-state index is 5.80. The fourth-order valence-electron chi connectivity index (χ4n) is 2.73. The Labute approximate surface area is 114 Å². The van der Waals surface area contributed by atoms with Crippen molar-refractivity contribution < 1.29 is 4.74 Å². The zero-order valence-corrected chi connectivity index (χ0v) is 11.7. The Bertz CT molecular complexity index is 382. The summed E-state index contributed by atoms with van der Waals surface area (Å²) >= 11 is 0. The maximum Gasteiger partial charge on any atom is 0.0828 e. The molecule has 0 aromatic carbocycles. The molecule has 1 fully saturated rings. The molecule has 0 bridgehead atoms. The molecule has 2 atom stereocenters. The SMILES string of the molecule is CCC(C)(C(NN)c1cnccn1)N1CCOCC1. The molecule has 6 heteroatoms. The van der Waals surface area contributed by atoms with Crippen LogP contribution in [0.1, 0.15) is 32.0 Å². The van der Waals surface area contributed by atoms with Crippen LogP contribution in [0.2, 0.25) is 0 Å². The summed E-state index contributed by atoms with van der Waals surface area (Å²) < 4.78 is 5.44. The summed E-state index contributed by atoms with van der Waals surface area (Å²) in [7, 11) is 0. The third-order valence-corrected chi connectivity index (χ3v) is 4.12. The second kappa shape index (κ2) is 6.38. The minimum atomic E-state index is -0.103. The molecule has 2 heterocycles. The third-order valence-electron chi connectivity index (χ3n) is 4.12. The van der Waals surface area contributed by atoms with Gasteiger partial charge in [-0.15, -0.1) is 0 Å². The molecule has 19 heavy (non-hydrogen) atoms. The number of morpholine rings is 1. The van der Waals surface area contributed by atoms with Crippen molar-refractivity contribution >= 4 is 0 Å². The van der Waals surface area contributed by atoms with Crippen LogP contribution in [0.5, 0.6) is 0 Å². The fourth-order valence-corrected chi connectivity index (χ4v) is 2.73. The van der Waals surface area contributed by atoms with Crippen molar-refractivity contribution in [3.63, 3.8) is 0 Å². The van der Waals surface area contributed by atoms with Gasteiger partial charge >= 0.3 is 0 Å². The van der Waals surface area contributed by atoms with E-state index >= 15 is 0 Å². The number of rotatable bonds is 5. The van der Waals surface area contributed by atoms with Gasteiger partial charge in [-0.3, -0.25) is 20.7 Å². The van der Waals surface area contributed by atoms with Crippen LogP contribution in [0.25, 0.3) is 0 Å². The second-order valence-electron chi connectivity index (χ2n) is 5.04. The molecule has 2 unspecified atom stereocenters. The Morgan fingerprint density at radius 1 is 1.47 bits per heavy atom. The van der Waals surface area contributed by atoms with Gasteiger partial charge in [0.15, 0.2) is 0 Å². The van der Waals surface area contributed by atoms with Gasteiger partial charge in [-0.1, -0.05) is 6.92 Å². The first-order valence-corrected chi connectivity index (χ1v) is 6.77. The van der Waals surface area contributed by atoms with Crippen LogP contribution in [0.15, 0.2) is 18.6 Å². The lowest BCUT2D eigenvalue weighted by Crippen LogP contribution is -2.58. The molecule has 106 valence electrons. The van der Waals surface area contributed by atoms with E-state index in [4.69, 9.17) is 10.6 Å². The van der Waals surface area contributed by atoms with Gasteiger partial charge in [-0.2, -0.15) is 0 Å². The summed E-state index contributed by atoms with van der Waals surface area (Å²) in [5.41, 5.74) is 3.70. The topological polar surface area (TPSA) is 76.3 Å². The van der Waals surface area contributed by atoms with Crippen molar-refractivity contribution in [1.82, 2.24) is 20.3 Å². The first-order valence-electron chi connectivity index (χ1n) is 6.77. The summed E-state index contributed by atoms with van der Waals surface area (Å²) in [6, 6.07) is -0.0516. The molecular formula is C13H23N5O. The first-order chi connectivity index (χ1) is 9.22. The van der Waals surface area contributed by atoms with Gasteiger partial charge in [0.1, 0.15) is 0 Å². The van der Waals surface area contributed by atoms with Gasteiger partial charge in [0, 0.05) is 31.0 Å². The Morgan fingerprint density at radius 3 is 2.74 bits per heavy atom. The zero-order valence-electron chi connectivity index (χ0n) is 11.7. The van der Waals surface area contributed by atoms with Gasteiger partial charge in [-0.05, 0) is 13.3 Å². The van der Waals surface area contributed by atoms with Crippen molar-refractivity contribution in [2.75, 3.05) is 26.3 Å². The second-order valence-corrected chi connectivity index (χ2v) is 5.04. The fraction of sp³-hybridized carbons (Fsp3) is 0.692.